The summed E-state index contributed by atoms with van der Waals surface area (Å²) in [5.41, 5.74) is 2.80. The molecule has 0 aromatic heterocycles. The van der Waals surface area contributed by atoms with Gasteiger partial charge in [-0.1, -0.05) is 57.9 Å². The van der Waals surface area contributed by atoms with Crippen LogP contribution < -0.4 is 0 Å². The van der Waals surface area contributed by atoms with Crippen molar-refractivity contribution in [2.45, 2.75) is 68.2 Å². The Labute approximate surface area is 108 Å². The highest BCUT2D eigenvalue weighted by Gasteiger charge is 2.14. The van der Waals surface area contributed by atoms with E-state index in [1.165, 1.54) is 24.0 Å². The van der Waals surface area contributed by atoms with E-state index in [-0.39, 0.29) is 11.2 Å². The van der Waals surface area contributed by atoms with Crippen LogP contribution in [0.25, 0.3) is 0 Å². The zero-order valence-electron chi connectivity index (χ0n) is 13.0. The van der Waals surface area contributed by atoms with Gasteiger partial charge in [-0.3, -0.25) is 4.79 Å². The molecule has 0 saturated heterocycles. The van der Waals surface area contributed by atoms with Crippen LogP contribution in [0.2, 0.25) is 0 Å². The Bertz CT molecular complexity index is 274. The molecule has 0 aromatic carbocycles. The molecule has 0 aromatic rings. The predicted molar refractivity (Wildman–Crippen MR) is 78.2 cm³/mol. The topological polar surface area (TPSA) is 17.1 Å². The van der Waals surface area contributed by atoms with E-state index in [1.807, 2.05) is 34.6 Å². The Hall–Kier alpha value is -0.850. The Morgan fingerprint density at radius 2 is 1.59 bits per heavy atom. The van der Waals surface area contributed by atoms with E-state index in [0.717, 1.165) is 0 Å². The first kappa shape index (κ1) is 18.5. The highest BCUT2D eigenvalue weighted by molar-refractivity contribution is 5.80. The summed E-state index contributed by atoms with van der Waals surface area (Å²) >= 11 is 0. The lowest BCUT2D eigenvalue weighted by molar-refractivity contribution is -0.124. The van der Waals surface area contributed by atoms with E-state index in [1.54, 1.807) is 6.92 Å². The number of rotatable bonds is 0. The van der Waals surface area contributed by atoms with Crippen molar-refractivity contribution in [3.8, 4) is 0 Å². The van der Waals surface area contributed by atoms with Crippen molar-refractivity contribution in [1.29, 1.82) is 0 Å². The van der Waals surface area contributed by atoms with Gasteiger partial charge in [0, 0.05) is 5.41 Å². The fourth-order valence-electron chi connectivity index (χ4n) is 1.05. The lowest BCUT2D eigenvalue weighted by Gasteiger charge is -2.11. The quantitative estimate of drug-likeness (QED) is 0.558. The molecule has 1 rings (SSSR count). The number of ketones is 1. The summed E-state index contributed by atoms with van der Waals surface area (Å²) in [5.74, 6) is 0.243. The molecule has 0 amide bonds. The van der Waals surface area contributed by atoms with Gasteiger partial charge >= 0.3 is 0 Å². The number of hydrogen-bond acceptors (Lipinski definition) is 1. The third kappa shape index (κ3) is 11.4. The summed E-state index contributed by atoms with van der Waals surface area (Å²) in [5, 5.41) is 0. The molecule has 0 spiro atoms. The summed E-state index contributed by atoms with van der Waals surface area (Å²) in [6.45, 7) is 15.7. The van der Waals surface area contributed by atoms with E-state index in [9.17, 15) is 4.79 Å². The standard InChI is InChI=1S/C8H12.C6H12O.C2H6/c1-7-4-3-5-8(2)6-7;1-5(7)6(2,3)4;1-2/h4,6H,3,5H2,1-2H3;1-4H3;1-2H3. The Morgan fingerprint density at radius 1 is 1.18 bits per heavy atom. The average Bonchev–Trinajstić information content (AvgIpc) is 2.19. The van der Waals surface area contributed by atoms with Crippen molar-refractivity contribution >= 4 is 5.78 Å². The third-order valence-electron chi connectivity index (χ3n) is 2.54. The molecule has 1 aliphatic rings. The molecule has 100 valence electrons. The number of allylic oxidation sites excluding steroid dienone is 4. The minimum atomic E-state index is -0.139. The molecule has 0 N–H and O–H groups in total. The summed E-state index contributed by atoms with van der Waals surface area (Å²) < 4.78 is 0. The van der Waals surface area contributed by atoms with E-state index < -0.39 is 0 Å². The molecule has 0 heterocycles. The maximum atomic E-state index is 10.5. The van der Waals surface area contributed by atoms with Crippen molar-refractivity contribution in [2.75, 3.05) is 0 Å². The Kier molecular flexibility index (Phi) is 10.0. The largest absolute Gasteiger partial charge is 0.299 e. The summed E-state index contributed by atoms with van der Waals surface area (Å²) in [4.78, 5) is 10.5. The van der Waals surface area contributed by atoms with Gasteiger partial charge in [0.15, 0.2) is 0 Å². The zero-order valence-corrected chi connectivity index (χ0v) is 13.0. The zero-order chi connectivity index (χ0) is 14.1. The van der Waals surface area contributed by atoms with Gasteiger partial charge in [0.25, 0.3) is 0 Å². The fourth-order valence-corrected chi connectivity index (χ4v) is 1.05. The first-order valence-electron chi connectivity index (χ1n) is 6.58. The molecule has 0 aliphatic heterocycles. The van der Waals surface area contributed by atoms with Crippen LogP contribution in [0.15, 0.2) is 23.3 Å². The maximum absolute atomic E-state index is 10.5. The third-order valence-corrected chi connectivity index (χ3v) is 2.54. The molecular formula is C16H30O. The van der Waals surface area contributed by atoms with Crippen LogP contribution in [0.1, 0.15) is 68.2 Å². The van der Waals surface area contributed by atoms with Gasteiger partial charge in [-0.15, -0.1) is 0 Å². The summed E-state index contributed by atoms with van der Waals surface area (Å²) in [7, 11) is 0. The first-order valence-corrected chi connectivity index (χ1v) is 6.58. The average molecular weight is 238 g/mol. The van der Waals surface area contributed by atoms with E-state index in [4.69, 9.17) is 0 Å². The number of Topliss-reactive ketones (excluding diaryl/α,β-unsaturated/α-hetero) is 1. The van der Waals surface area contributed by atoms with Crippen LogP contribution in [-0.2, 0) is 4.79 Å². The van der Waals surface area contributed by atoms with Crippen LogP contribution in [0.3, 0.4) is 0 Å². The van der Waals surface area contributed by atoms with Gasteiger partial charge in [0.1, 0.15) is 5.78 Å². The van der Waals surface area contributed by atoms with Crippen molar-refractivity contribution in [1.82, 2.24) is 0 Å². The molecule has 17 heavy (non-hydrogen) atoms. The van der Waals surface area contributed by atoms with E-state index in [2.05, 4.69) is 26.0 Å². The first-order chi connectivity index (χ1) is 7.73. The second kappa shape index (κ2) is 9.21. The van der Waals surface area contributed by atoms with Gasteiger partial charge in [0.2, 0.25) is 0 Å². The Balaban J connectivity index is 0. The predicted octanol–water partition coefficient (Wildman–Crippen LogP) is 5.32. The van der Waals surface area contributed by atoms with Crippen molar-refractivity contribution < 1.29 is 4.79 Å². The van der Waals surface area contributed by atoms with Crippen LogP contribution in [0.5, 0.6) is 0 Å². The highest BCUT2D eigenvalue weighted by Crippen LogP contribution is 2.15. The lowest BCUT2D eigenvalue weighted by Crippen LogP contribution is -2.15. The van der Waals surface area contributed by atoms with Gasteiger partial charge in [0.05, 0.1) is 0 Å². The monoisotopic (exact) mass is 238 g/mol. The van der Waals surface area contributed by atoms with Gasteiger partial charge < -0.3 is 0 Å². The van der Waals surface area contributed by atoms with Crippen LogP contribution in [0.4, 0.5) is 0 Å². The lowest BCUT2D eigenvalue weighted by atomic mass is 9.92. The second-order valence-corrected chi connectivity index (χ2v) is 5.28. The Morgan fingerprint density at radius 3 is 1.76 bits per heavy atom. The molecular weight excluding hydrogens is 208 g/mol. The van der Waals surface area contributed by atoms with Crippen LogP contribution >= 0.6 is 0 Å². The van der Waals surface area contributed by atoms with Crippen LogP contribution in [-0.4, -0.2) is 5.78 Å². The normalized spacial score (nSPS) is 14.4. The molecule has 1 nitrogen and oxygen atoms in total. The van der Waals surface area contributed by atoms with Gasteiger partial charge in [-0.05, 0) is 33.6 Å². The second-order valence-electron chi connectivity index (χ2n) is 5.28. The van der Waals surface area contributed by atoms with Crippen molar-refractivity contribution in [3.05, 3.63) is 23.3 Å². The summed E-state index contributed by atoms with van der Waals surface area (Å²) in [6, 6.07) is 0. The highest BCUT2D eigenvalue weighted by atomic mass is 16.1. The molecule has 0 atom stereocenters. The molecule has 1 heteroatoms. The smallest absolute Gasteiger partial charge is 0.135 e. The maximum Gasteiger partial charge on any atom is 0.135 e. The minimum absolute atomic E-state index is 0.139. The molecule has 0 bridgehead atoms. The van der Waals surface area contributed by atoms with E-state index >= 15 is 0 Å². The van der Waals surface area contributed by atoms with Crippen molar-refractivity contribution in [3.63, 3.8) is 0 Å². The number of carbonyl (C=O) groups is 1. The number of hydrogen-bond donors (Lipinski definition) is 0. The molecule has 0 radical (unpaired) electrons. The molecule has 0 unspecified atom stereocenters. The fraction of sp³-hybridized carbons (Fsp3) is 0.688. The molecule has 0 fully saturated rings. The SMILES string of the molecule is CC.CC(=O)C(C)(C)C.CC1=CCCC(C)=C1. The van der Waals surface area contributed by atoms with Gasteiger partial charge in [-0.25, -0.2) is 0 Å². The summed E-state index contributed by atoms with van der Waals surface area (Å²) in [6.07, 6.45) is 7.04. The van der Waals surface area contributed by atoms with Crippen molar-refractivity contribution in [2.24, 2.45) is 5.41 Å². The molecule has 0 saturated carbocycles. The van der Waals surface area contributed by atoms with Crippen LogP contribution in [0, 0.1) is 5.41 Å². The number of carbonyl (C=O) groups excluding carboxylic acids is 1. The van der Waals surface area contributed by atoms with E-state index in [0.29, 0.717) is 0 Å². The minimum Gasteiger partial charge on any atom is -0.299 e. The molecule has 1 aliphatic carbocycles. The van der Waals surface area contributed by atoms with Gasteiger partial charge in [-0.2, -0.15) is 0 Å².